The van der Waals surface area contributed by atoms with E-state index in [0.29, 0.717) is 15.8 Å². The highest BCUT2D eigenvalue weighted by atomic mass is 79.9. The van der Waals surface area contributed by atoms with Gasteiger partial charge in [0.2, 0.25) is 5.78 Å². The molecule has 0 saturated heterocycles. The number of hydrogen-bond donors (Lipinski definition) is 1. The molecule has 0 unspecified atom stereocenters. The van der Waals surface area contributed by atoms with Gasteiger partial charge in [0.1, 0.15) is 5.82 Å². The van der Waals surface area contributed by atoms with Crippen molar-refractivity contribution in [1.29, 1.82) is 0 Å². The fourth-order valence-corrected chi connectivity index (χ4v) is 3.19. The van der Waals surface area contributed by atoms with E-state index in [1.807, 2.05) is 6.07 Å². The highest BCUT2D eigenvalue weighted by molar-refractivity contribution is 9.11. The van der Waals surface area contributed by atoms with Gasteiger partial charge < -0.3 is 4.98 Å². The van der Waals surface area contributed by atoms with Crippen LogP contribution in [0.15, 0.2) is 40.3 Å². The van der Waals surface area contributed by atoms with Crippen molar-refractivity contribution >= 4 is 44.0 Å². The molecule has 2 heterocycles. The molecule has 0 amide bonds. The molecule has 0 aliphatic carbocycles. The zero-order chi connectivity index (χ0) is 12.7. The smallest absolute Gasteiger partial charge is 0.205 e. The number of aromatic amines is 1. The summed E-state index contributed by atoms with van der Waals surface area (Å²) in [5.74, 6) is -0.439. The van der Waals surface area contributed by atoms with Gasteiger partial charge in [-0.15, -0.1) is 11.3 Å². The van der Waals surface area contributed by atoms with Crippen molar-refractivity contribution < 1.29 is 9.18 Å². The minimum absolute atomic E-state index is 0.0949. The second kappa shape index (κ2) is 4.33. The maximum Gasteiger partial charge on any atom is 0.205 e. The number of halogens is 2. The van der Waals surface area contributed by atoms with Gasteiger partial charge in [0.25, 0.3) is 0 Å². The first-order valence-electron chi connectivity index (χ1n) is 5.22. The molecule has 3 aromatic rings. The molecule has 0 fully saturated rings. The minimum Gasteiger partial charge on any atom is -0.360 e. The zero-order valence-electron chi connectivity index (χ0n) is 9.04. The van der Waals surface area contributed by atoms with Gasteiger partial charge in [0, 0.05) is 22.7 Å². The molecule has 2 aromatic heterocycles. The van der Waals surface area contributed by atoms with E-state index in [4.69, 9.17) is 0 Å². The molecule has 0 radical (unpaired) electrons. The maximum atomic E-state index is 13.2. The van der Waals surface area contributed by atoms with E-state index >= 15 is 0 Å². The number of rotatable bonds is 2. The second-order valence-corrected chi connectivity index (χ2v) is 6.29. The normalized spacial score (nSPS) is 11.0. The predicted molar refractivity (Wildman–Crippen MR) is 73.7 cm³/mol. The largest absolute Gasteiger partial charge is 0.360 e. The van der Waals surface area contributed by atoms with Crippen LogP contribution in [0, 0.1) is 5.82 Å². The maximum absolute atomic E-state index is 13.2. The van der Waals surface area contributed by atoms with Crippen LogP contribution >= 0.6 is 27.3 Å². The number of carbonyl (C=O) groups excluding carboxylic acids is 1. The lowest BCUT2D eigenvalue weighted by Gasteiger charge is -1.96. The van der Waals surface area contributed by atoms with E-state index in [1.165, 1.54) is 23.5 Å². The van der Waals surface area contributed by atoms with Crippen LogP contribution in [0.1, 0.15) is 15.2 Å². The average Bonchev–Trinajstić information content (AvgIpc) is 2.94. The van der Waals surface area contributed by atoms with E-state index in [0.717, 1.165) is 9.30 Å². The third-order valence-electron chi connectivity index (χ3n) is 2.69. The monoisotopic (exact) mass is 323 g/mol. The van der Waals surface area contributed by atoms with Crippen LogP contribution in [0.2, 0.25) is 0 Å². The number of fused-ring (bicyclic) bond motifs is 1. The summed E-state index contributed by atoms with van der Waals surface area (Å²) >= 11 is 4.69. The van der Waals surface area contributed by atoms with Gasteiger partial charge in [-0.1, -0.05) is 0 Å². The van der Waals surface area contributed by atoms with Crippen LogP contribution in [-0.4, -0.2) is 10.8 Å². The molecule has 0 spiro atoms. The number of H-pyrrole nitrogens is 1. The lowest BCUT2D eigenvalue weighted by atomic mass is 10.1. The van der Waals surface area contributed by atoms with Crippen molar-refractivity contribution in [2.24, 2.45) is 0 Å². The number of nitrogens with one attached hydrogen (secondary N) is 1. The summed E-state index contributed by atoms with van der Waals surface area (Å²) in [6.07, 6.45) is 1.63. The van der Waals surface area contributed by atoms with Gasteiger partial charge in [0.15, 0.2) is 0 Å². The fraction of sp³-hybridized carbons (Fsp3) is 0. The van der Waals surface area contributed by atoms with E-state index in [1.54, 1.807) is 18.3 Å². The zero-order valence-corrected chi connectivity index (χ0v) is 11.4. The van der Waals surface area contributed by atoms with Crippen LogP contribution in [0.5, 0.6) is 0 Å². The highest BCUT2D eigenvalue weighted by Gasteiger charge is 2.16. The van der Waals surface area contributed by atoms with Crippen molar-refractivity contribution in [2.45, 2.75) is 0 Å². The molecular formula is C13H7BrFNOS. The molecule has 18 heavy (non-hydrogen) atoms. The SMILES string of the molecule is O=C(c1ccc(Br)s1)c1c[nH]c2ccc(F)cc12. The quantitative estimate of drug-likeness (QED) is 0.698. The third kappa shape index (κ3) is 1.89. The van der Waals surface area contributed by atoms with Crippen LogP contribution in [0.4, 0.5) is 4.39 Å². The Labute approximate surface area is 115 Å². The standard InChI is InChI=1S/C13H7BrFNOS/c14-12-4-3-11(18-12)13(17)9-6-16-10-2-1-7(15)5-8(9)10/h1-6,16H. The summed E-state index contributed by atoms with van der Waals surface area (Å²) in [4.78, 5) is 15.9. The van der Waals surface area contributed by atoms with Gasteiger partial charge in [-0.25, -0.2) is 4.39 Å². The molecule has 5 heteroatoms. The molecule has 90 valence electrons. The van der Waals surface area contributed by atoms with Crippen LogP contribution < -0.4 is 0 Å². The number of aromatic nitrogens is 1. The summed E-state index contributed by atoms with van der Waals surface area (Å²) < 4.78 is 14.1. The molecule has 0 aliphatic heterocycles. The second-order valence-electron chi connectivity index (χ2n) is 3.83. The third-order valence-corrected chi connectivity index (χ3v) is 4.31. The van der Waals surface area contributed by atoms with E-state index < -0.39 is 0 Å². The Morgan fingerprint density at radius 2 is 2.11 bits per heavy atom. The Hall–Kier alpha value is -1.46. The Balaban J connectivity index is 2.14. The van der Waals surface area contributed by atoms with Crippen molar-refractivity contribution in [1.82, 2.24) is 4.98 Å². The minimum atomic E-state index is -0.344. The molecule has 0 saturated carbocycles. The van der Waals surface area contributed by atoms with Crippen molar-refractivity contribution in [3.8, 4) is 0 Å². The average molecular weight is 324 g/mol. The summed E-state index contributed by atoms with van der Waals surface area (Å²) in [6.45, 7) is 0. The van der Waals surface area contributed by atoms with Crippen molar-refractivity contribution in [3.05, 3.63) is 56.6 Å². The number of ketones is 1. The van der Waals surface area contributed by atoms with Crippen molar-refractivity contribution in [2.75, 3.05) is 0 Å². The summed E-state index contributed by atoms with van der Waals surface area (Å²) in [5.41, 5.74) is 1.26. The molecule has 1 N–H and O–H groups in total. The first kappa shape index (κ1) is 11.6. The molecule has 0 bridgehead atoms. The van der Waals surface area contributed by atoms with Gasteiger partial charge >= 0.3 is 0 Å². The van der Waals surface area contributed by atoms with Gasteiger partial charge in [-0.3, -0.25) is 4.79 Å². The predicted octanol–water partition coefficient (Wildman–Crippen LogP) is 4.36. The van der Waals surface area contributed by atoms with Crippen LogP contribution in [0.25, 0.3) is 10.9 Å². The number of hydrogen-bond acceptors (Lipinski definition) is 2. The summed E-state index contributed by atoms with van der Waals surface area (Å²) in [6, 6.07) is 7.96. The number of thiophene rings is 1. The Kier molecular flexibility index (Phi) is 2.80. The van der Waals surface area contributed by atoms with Crippen LogP contribution in [0.3, 0.4) is 0 Å². The fourth-order valence-electron chi connectivity index (χ4n) is 1.85. The Morgan fingerprint density at radius 1 is 1.28 bits per heavy atom. The topological polar surface area (TPSA) is 32.9 Å². The molecule has 3 rings (SSSR count). The summed E-state index contributed by atoms with van der Waals surface area (Å²) in [7, 11) is 0. The molecule has 0 atom stereocenters. The van der Waals surface area contributed by atoms with E-state index in [2.05, 4.69) is 20.9 Å². The molecule has 2 nitrogen and oxygen atoms in total. The van der Waals surface area contributed by atoms with Gasteiger partial charge in [-0.2, -0.15) is 0 Å². The Bertz CT molecular complexity index is 746. The number of benzene rings is 1. The van der Waals surface area contributed by atoms with Gasteiger partial charge in [-0.05, 0) is 46.3 Å². The van der Waals surface area contributed by atoms with Crippen molar-refractivity contribution in [3.63, 3.8) is 0 Å². The molecule has 1 aromatic carbocycles. The molecule has 0 aliphatic rings. The number of carbonyl (C=O) groups is 1. The molecular weight excluding hydrogens is 317 g/mol. The first-order valence-corrected chi connectivity index (χ1v) is 6.83. The Morgan fingerprint density at radius 3 is 2.83 bits per heavy atom. The lowest BCUT2D eigenvalue weighted by molar-refractivity contribution is 0.104. The lowest BCUT2D eigenvalue weighted by Crippen LogP contribution is -1.96. The van der Waals surface area contributed by atoms with Crippen LogP contribution in [-0.2, 0) is 0 Å². The van der Waals surface area contributed by atoms with E-state index in [9.17, 15) is 9.18 Å². The highest BCUT2D eigenvalue weighted by Crippen LogP contribution is 2.27. The first-order chi connectivity index (χ1) is 8.65. The van der Waals surface area contributed by atoms with E-state index in [-0.39, 0.29) is 11.6 Å². The summed E-state index contributed by atoms with van der Waals surface area (Å²) in [5, 5.41) is 0.615. The van der Waals surface area contributed by atoms with Gasteiger partial charge in [0.05, 0.1) is 8.66 Å².